The van der Waals surface area contributed by atoms with Crippen molar-refractivity contribution in [2.24, 2.45) is 0 Å². The van der Waals surface area contributed by atoms with E-state index in [1.807, 2.05) is 12.1 Å². The Morgan fingerprint density at radius 3 is 2.33 bits per heavy atom. The lowest BCUT2D eigenvalue weighted by Gasteiger charge is -2.16. The van der Waals surface area contributed by atoms with Gasteiger partial charge >= 0.3 is 0 Å². The summed E-state index contributed by atoms with van der Waals surface area (Å²) in [4.78, 5) is 0.294. The standard InChI is InChI=1S/C18H20O5S/c1-21-16-9-8-13(12-17(16)22-2)15-10-11-18(23-15)24(19,20)14-6-4-3-5-7-14/h3-9,12,15,18H,10-11H2,1-2H3. The molecule has 0 bridgehead atoms. The molecule has 2 unspecified atom stereocenters. The van der Waals surface area contributed by atoms with Crippen LogP contribution in [0, 0.1) is 0 Å². The van der Waals surface area contributed by atoms with Gasteiger partial charge in [0.15, 0.2) is 16.9 Å². The van der Waals surface area contributed by atoms with Gasteiger partial charge in [-0.25, -0.2) is 8.42 Å². The van der Waals surface area contributed by atoms with Gasteiger partial charge in [0.1, 0.15) is 0 Å². The molecule has 1 fully saturated rings. The van der Waals surface area contributed by atoms with Gasteiger partial charge in [-0.3, -0.25) is 0 Å². The van der Waals surface area contributed by atoms with Gasteiger partial charge in [0.2, 0.25) is 9.84 Å². The number of hydrogen-bond acceptors (Lipinski definition) is 5. The zero-order valence-corrected chi connectivity index (χ0v) is 14.5. The summed E-state index contributed by atoms with van der Waals surface area (Å²) >= 11 is 0. The summed E-state index contributed by atoms with van der Waals surface area (Å²) < 4.78 is 41.7. The Labute approximate surface area is 142 Å². The molecule has 2 atom stereocenters. The Kier molecular flexibility index (Phi) is 4.78. The minimum absolute atomic E-state index is 0.270. The molecule has 2 aromatic rings. The van der Waals surface area contributed by atoms with E-state index in [1.165, 1.54) is 0 Å². The molecular formula is C18H20O5S. The van der Waals surface area contributed by atoms with Crippen LogP contribution in [-0.2, 0) is 14.6 Å². The molecule has 0 saturated carbocycles. The molecule has 1 aliphatic rings. The van der Waals surface area contributed by atoms with Crippen molar-refractivity contribution in [2.75, 3.05) is 14.2 Å². The second kappa shape index (κ2) is 6.83. The average Bonchev–Trinajstić information content (AvgIpc) is 3.13. The molecule has 5 nitrogen and oxygen atoms in total. The summed E-state index contributed by atoms with van der Waals surface area (Å²) in [5.74, 6) is 1.24. The van der Waals surface area contributed by atoms with Crippen molar-refractivity contribution in [3.05, 3.63) is 54.1 Å². The molecule has 3 rings (SSSR count). The number of benzene rings is 2. The van der Waals surface area contributed by atoms with Crippen molar-refractivity contribution in [1.29, 1.82) is 0 Å². The van der Waals surface area contributed by atoms with E-state index >= 15 is 0 Å². The van der Waals surface area contributed by atoms with E-state index in [-0.39, 0.29) is 6.10 Å². The van der Waals surface area contributed by atoms with E-state index < -0.39 is 15.3 Å². The number of rotatable bonds is 5. The summed E-state index contributed by atoms with van der Waals surface area (Å²) in [5.41, 5.74) is 0.0661. The first kappa shape index (κ1) is 16.8. The summed E-state index contributed by atoms with van der Waals surface area (Å²) in [6.07, 6.45) is 0.843. The van der Waals surface area contributed by atoms with E-state index in [9.17, 15) is 8.42 Å². The second-order valence-corrected chi connectivity index (χ2v) is 7.69. The summed E-state index contributed by atoms with van der Waals surface area (Å²) in [6, 6.07) is 13.9. The topological polar surface area (TPSA) is 61.8 Å². The lowest BCUT2D eigenvalue weighted by molar-refractivity contribution is 0.0868. The molecule has 0 radical (unpaired) electrons. The Bertz CT molecular complexity index is 801. The van der Waals surface area contributed by atoms with E-state index in [4.69, 9.17) is 14.2 Å². The fourth-order valence-electron chi connectivity index (χ4n) is 2.90. The van der Waals surface area contributed by atoms with Gasteiger partial charge in [-0.15, -0.1) is 0 Å². The Morgan fingerprint density at radius 1 is 0.958 bits per heavy atom. The Hall–Kier alpha value is -2.05. The van der Waals surface area contributed by atoms with Crippen LogP contribution in [0.25, 0.3) is 0 Å². The fraction of sp³-hybridized carbons (Fsp3) is 0.333. The van der Waals surface area contributed by atoms with Crippen LogP contribution in [0.4, 0.5) is 0 Å². The highest BCUT2D eigenvalue weighted by atomic mass is 32.2. The molecule has 24 heavy (non-hydrogen) atoms. The third kappa shape index (κ3) is 3.12. The molecule has 2 aromatic carbocycles. The number of ether oxygens (including phenoxy) is 3. The predicted octanol–water partition coefficient (Wildman–Crippen LogP) is 3.36. The molecule has 6 heteroatoms. The quantitative estimate of drug-likeness (QED) is 0.829. The van der Waals surface area contributed by atoms with E-state index in [1.54, 1.807) is 50.6 Å². The number of hydrogen-bond donors (Lipinski definition) is 0. The van der Waals surface area contributed by atoms with Crippen LogP contribution in [0.15, 0.2) is 53.4 Å². The van der Waals surface area contributed by atoms with Gasteiger partial charge in [-0.2, -0.15) is 0 Å². The maximum Gasteiger partial charge on any atom is 0.205 e. The lowest BCUT2D eigenvalue weighted by Crippen LogP contribution is -2.20. The zero-order chi connectivity index (χ0) is 17.2. The highest BCUT2D eigenvalue weighted by molar-refractivity contribution is 7.92. The summed E-state index contributed by atoms with van der Waals surface area (Å²) in [7, 11) is -0.342. The van der Waals surface area contributed by atoms with Gasteiger partial charge in [-0.05, 0) is 42.7 Å². The molecule has 1 aliphatic heterocycles. The predicted molar refractivity (Wildman–Crippen MR) is 90.0 cm³/mol. The molecule has 0 aromatic heterocycles. The third-order valence-electron chi connectivity index (χ3n) is 4.18. The van der Waals surface area contributed by atoms with E-state index in [0.717, 1.165) is 5.56 Å². The number of sulfone groups is 1. The van der Waals surface area contributed by atoms with Crippen molar-refractivity contribution in [2.45, 2.75) is 29.3 Å². The van der Waals surface area contributed by atoms with Crippen LogP contribution >= 0.6 is 0 Å². The second-order valence-electron chi connectivity index (χ2n) is 5.60. The first-order valence-corrected chi connectivity index (χ1v) is 9.27. The van der Waals surface area contributed by atoms with Gasteiger partial charge in [-0.1, -0.05) is 24.3 Å². The lowest BCUT2D eigenvalue weighted by atomic mass is 10.1. The van der Waals surface area contributed by atoms with Crippen molar-refractivity contribution >= 4 is 9.84 Å². The molecule has 1 saturated heterocycles. The van der Waals surface area contributed by atoms with Crippen molar-refractivity contribution in [3.8, 4) is 11.5 Å². The normalized spacial score (nSPS) is 20.8. The Balaban J connectivity index is 1.81. The van der Waals surface area contributed by atoms with Crippen LogP contribution in [0.1, 0.15) is 24.5 Å². The highest BCUT2D eigenvalue weighted by Gasteiger charge is 2.37. The van der Waals surface area contributed by atoms with Crippen LogP contribution < -0.4 is 9.47 Å². The van der Waals surface area contributed by atoms with Crippen molar-refractivity contribution < 1.29 is 22.6 Å². The van der Waals surface area contributed by atoms with Crippen LogP contribution in [0.5, 0.6) is 11.5 Å². The van der Waals surface area contributed by atoms with Crippen LogP contribution in [0.2, 0.25) is 0 Å². The van der Waals surface area contributed by atoms with Gasteiger partial charge in [0.25, 0.3) is 0 Å². The summed E-state index contributed by atoms with van der Waals surface area (Å²) in [6.45, 7) is 0. The van der Waals surface area contributed by atoms with E-state index in [2.05, 4.69) is 0 Å². The van der Waals surface area contributed by atoms with Crippen molar-refractivity contribution in [1.82, 2.24) is 0 Å². The monoisotopic (exact) mass is 348 g/mol. The molecule has 0 amide bonds. The Morgan fingerprint density at radius 2 is 1.67 bits per heavy atom. The molecular weight excluding hydrogens is 328 g/mol. The highest BCUT2D eigenvalue weighted by Crippen LogP contribution is 2.39. The van der Waals surface area contributed by atoms with Gasteiger partial charge in [0, 0.05) is 0 Å². The third-order valence-corrected chi connectivity index (χ3v) is 6.15. The molecule has 0 N–H and O–H groups in total. The maximum atomic E-state index is 12.7. The van der Waals surface area contributed by atoms with Gasteiger partial charge in [0.05, 0.1) is 25.2 Å². The number of methoxy groups -OCH3 is 2. The maximum absolute atomic E-state index is 12.7. The molecule has 128 valence electrons. The van der Waals surface area contributed by atoms with Crippen LogP contribution in [-0.4, -0.2) is 28.1 Å². The smallest absolute Gasteiger partial charge is 0.205 e. The minimum Gasteiger partial charge on any atom is -0.493 e. The SMILES string of the molecule is COc1ccc(C2CCC(S(=O)(=O)c3ccccc3)O2)cc1OC. The average molecular weight is 348 g/mol. The first-order chi connectivity index (χ1) is 11.6. The van der Waals surface area contributed by atoms with Gasteiger partial charge < -0.3 is 14.2 Å². The minimum atomic E-state index is -3.49. The molecule has 1 heterocycles. The first-order valence-electron chi connectivity index (χ1n) is 7.72. The zero-order valence-electron chi connectivity index (χ0n) is 13.6. The molecule has 0 aliphatic carbocycles. The van der Waals surface area contributed by atoms with Crippen molar-refractivity contribution in [3.63, 3.8) is 0 Å². The van der Waals surface area contributed by atoms with E-state index in [0.29, 0.717) is 29.2 Å². The molecule has 0 spiro atoms. The largest absolute Gasteiger partial charge is 0.493 e. The summed E-state index contributed by atoms with van der Waals surface area (Å²) in [5, 5.41) is 0. The van der Waals surface area contributed by atoms with Crippen LogP contribution in [0.3, 0.4) is 0 Å². The fourth-order valence-corrected chi connectivity index (χ4v) is 4.46.